The van der Waals surface area contributed by atoms with Crippen LogP contribution in [0.25, 0.3) is 0 Å². The molecule has 0 heterocycles. The minimum atomic E-state index is -4.63. The first-order chi connectivity index (χ1) is 14.4. The van der Waals surface area contributed by atoms with Gasteiger partial charge in [0, 0.05) is 22.9 Å². The molecule has 0 aromatic heterocycles. The van der Waals surface area contributed by atoms with Gasteiger partial charge in [-0.05, 0) is 37.6 Å². The number of amides is 2. The Morgan fingerprint density at radius 1 is 1.10 bits per heavy atom. The third-order valence-electron chi connectivity index (χ3n) is 4.12. The highest BCUT2D eigenvalue weighted by Gasteiger charge is 2.28. The number of hydrogen-bond donors (Lipinski definition) is 3. The average Bonchev–Trinajstić information content (AvgIpc) is 2.67. The zero-order valence-corrected chi connectivity index (χ0v) is 16.4. The van der Waals surface area contributed by atoms with Crippen molar-refractivity contribution in [1.82, 2.24) is 5.32 Å². The highest BCUT2D eigenvalue weighted by atomic mass is 19.4. The molecule has 31 heavy (non-hydrogen) atoms. The van der Waals surface area contributed by atoms with E-state index < -0.39 is 41.8 Å². The smallest absolute Gasteiger partial charge is 0.376 e. The summed E-state index contributed by atoms with van der Waals surface area (Å²) in [5.74, 6) is -2.70. The van der Waals surface area contributed by atoms with Crippen LogP contribution in [0.3, 0.4) is 0 Å². The summed E-state index contributed by atoms with van der Waals surface area (Å²) in [7, 11) is 0. The molecule has 0 saturated heterocycles. The summed E-state index contributed by atoms with van der Waals surface area (Å²) in [6.07, 6.45) is -4.63. The molecule has 0 saturated carbocycles. The molecule has 0 unspecified atom stereocenters. The Morgan fingerprint density at radius 2 is 1.77 bits per heavy atom. The molecular weight excluding hydrogens is 424 g/mol. The Bertz CT molecular complexity index is 1020. The molecule has 2 aromatic carbocycles. The van der Waals surface area contributed by atoms with Crippen LogP contribution in [0, 0.1) is 29.8 Å². The van der Waals surface area contributed by atoms with Gasteiger partial charge in [-0.3, -0.25) is 19.7 Å². The second-order valence-corrected chi connectivity index (χ2v) is 6.61. The van der Waals surface area contributed by atoms with E-state index in [1.54, 1.807) is 18.3 Å². The van der Waals surface area contributed by atoms with Gasteiger partial charge in [-0.1, -0.05) is 6.07 Å². The van der Waals surface area contributed by atoms with E-state index >= 15 is 0 Å². The van der Waals surface area contributed by atoms with Crippen LogP contribution < -0.4 is 16.0 Å². The molecule has 8 nitrogen and oxygen atoms in total. The first kappa shape index (κ1) is 23.6. The number of nitrogens with zero attached hydrogens (tertiary/aromatic N) is 1. The number of halogens is 4. The fourth-order valence-electron chi connectivity index (χ4n) is 2.54. The third-order valence-corrected chi connectivity index (χ3v) is 4.12. The zero-order valence-electron chi connectivity index (χ0n) is 16.4. The van der Waals surface area contributed by atoms with E-state index in [0.29, 0.717) is 5.56 Å². The van der Waals surface area contributed by atoms with Gasteiger partial charge in [0.25, 0.3) is 11.6 Å². The van der Waals surface area contributed by atoms with Crippen LogP contribution in [0.15, 0.2) is 30.3 Å². The van der Waals surface area contributed by atoms with Gasteiger partial charge in [-0.2, -0.15) is 13.2 Å². The minimum Gasteiger partial charge on any atom is -0.376 e. The lowest BCUT2D eigenvalue weighted by atomic mass is 10.1. The predicted octanol–water partition coefficient (Wildman–Crippen LogP) is 3.69. The van der Waals surface area contributed by atoms with E-state index in [4.69, 9.17) is 0 Å². The van der Waals surface area contributed by atoms with E-state index in [0.717, 1.165) is 12.1 Å². The molecule has 2 amide bonds. The number of nitrogens with one attached hydrogen (secondary N) is 3. The number of nitro benzene ring substituents is 1. The highest BCUT2D eigenvalue weighted by molar-refractivity contribution is 5.97. The van der Waals surface area contributed by atoms with Crippen LogP contribution in [0.2, 0.25) is 0 Å². The SMILES string of the molecule is Cc1ccc(NC(=O)CNc2cc(C(=O)NCC(F)(F)F)cc(F)c2C)c([N+](=O)[O-])c1. The quantitative estimate of drug-likeness (QED) is 0.344. The Hall–Kier alpha value is -3.70. The number of carbonyl (C=O) groups is 2. The van der Waals surface area contributed by atoms with E-state index in [9.17, 15) is 37.3 Å². The molecule has 0 aliphatic heterocycles. The summed E-state index contributed by atoms with van der Waals surface area (Å²) in [6.45, 7) is 0.966. The molecule has 0 fully saturated rings. The summed E-state index contributed by atoms with van der Waals surface area (Å²) in [5, 5.41) is 17.7. The lowest BCUT2D eigenvalue weighted by molar-refractivity contribution is -0.384. The van der Waals surface area contributed by atoms with Crippen molar-refractivity contribution in [2.24, 2.45) is 0 Å². The maximum Gasteiger partial charge on any atom is 0.405 e. The van der Waals surface area contributed by atoms with Crippen LogP contribution >= 0.6 is 0 Å². The summed E-state index contributed by atoms with van der Waals surface area (Å²) in [6, 6.07) is 6.10. The Morgan fingerprint density at radius 3 is 2.39 bits per heavy atom. The molecule has 0 radical (unpaired) electrons. The van der Waals surface area contributed by atoms with Crippen molar-refractivity contribution in [3.8, 4) is 0 Å². The van der Waals surface area contributed by atoms with Crippen molar-refractivity contribution in [2.45, 2.75) is 20.0 Å². The van der Waals surface area contributed by atoms with Crippen LogP contribution in [0.5, 0.6) is 0 Å². The predicted molar refractivity (Wildman–Crippen MR) is 104 cm³/mol. The molecule has 2 rings (SSSR count). The fraction of sp³-hybridized carbons (Fsp3) is 0.263. The number of carbonyl (C=O) groups excluding carboxylic acids is 2. The molecule has 2 aromatic rings. The van der Waals surface area contributed by atoms with Crippen molar-refractivity contribution >= 4 is 28.9 Å². The second-order valence-electron chi connectivity index (χ2n) is 6.61. The number of alkyl halides is 3. The van der Waals surface area contributed by atoms with Crippen LogP contribution in [-0.4, -0.2) is 36.0 Å². The van der Waals surface area contributed by atoms with Gasteiger partial charge in [0.1, 0.15) is 18.0 Å². The second kappa shape index (κ2) is 9.41. The first-order valence-electron chi connectivity index (χ1n) is 8.81. The topological polar surface area (TPSA) is 113 Å². The average molecular weight is 442 g/mol. The number of rotatable bonds is 7. The molecule has 0 spiro atoms. The normalized spacial score (nSPS) is 11.0. The Kier molecular flexibility index (Phi) is 7.16. The number of anilines is 2. The number of hydrogen-bond acceptors (Lipinski definition) is 5. The van der Waals surface area contributed by atoms with Gasteiger partial charge < -0.3 is 16.0 Å². The van der Waals surface area contributed by atoms with Gasteiger partial charge in [-0.25, -0.2) is 4.39 Å². The van der Waals surface area contributed by atoms with Crippen LogP contribution in [0.4, 0.5) is 34.6 Å². The summed E-state index contributed by atoms with van der Waals surface area (Å²) in [5.41, 5.74) is -0.0596. The van der Waals surface area contributed by atoms with Crippen molar-refractivity contribution < 1.29 is 32.1 Å². The maximum atomic E-state index is 14.1. The summed E-state index contributed by atoms with van der Waals surface area (Å²) in [4.78, 5) is 34.5. The highest BCUT2D eigenvalue weighted by Crippen LogP contribution is 2.25. The van der Waals surface area contributed by atoms with E-state index in [1.807, 2.05) is 0 Å². The van der Waals surface area contributed by atoms with E-state index in [2.05, 4.69) is 10.6 Å². The molecule has 0 atom stereocenters. The van der Waals surface area contributed by atoms with Gasteiger partial charge >= 0.3 is 6.18 Å². The first-order valence-corrected chi connectivity index (χ1v) is 8.81. The molecule has 166 valence electrons. The van der Waals surface area contributed by atoms with Gasteiger partial charge in [-0.15, -0.1) is 0 Å². The number of nitro groups is 1. The molecular formula is C19H18F4N4O4. The fourth-order valence-corrected chi connectivity index (χ4v) is 2.54. The molecule has 12 heteroatoms. The standard InChI is InChI=1S/C19H18F4N4O4/c1-10-3-4-14(16(5-10)27(30)31)26-17(28)8-24-15-7-12(6-13(20)11(15)2)18(29)25-9-19(21,22)23/h3-7,24H,8-9H2,1-2H3,(H,25,29)(H,26,28). The van der Waals surface area contributed by atoms with E-state index in [1.165, 1.54) is 19.1 Å². The van der Waals surface area contributed by atoms with Crippen LogP contribution in [-0.2, 0) is 4.79 Å². The minimum absolute atomic E-state index is 0.00529. The van der Waals surface area contributed by atoms with Gasteiger partial charge in [0.2, 0.25) is 5.91 Å². The van der Waals surface area contributed by atoms with E-state index in [-0.39, 0.29) is 28.2 Å². The maximum absolute atomic E-state index is 14.1. The molecule has 0 bridgehead atoms. The van der Waals surface area contributed by atoms with Crippen molar-refractivity contribution in [3.05, 3.63) is 63.0 Å². The van der Waals surface area contributed by atoms with Gasteiger partial charge in [0.05, 0.1) is 11.5 Å². The lowest BCUT2D eigenvalue weighted by Gasteiger charge is -2.14. The lowest BCUT2D eigenvalue weighted by Crippen LogP contribution is -2.33. The monoisotopic (exact) mass is 442 g/mol. The summed E-state index contributed by atoms with van der Waals surface area (Å²) >= 11 is 0. The van der Waals surface area contributed by atoms with Crippen molar-refractivity contribution in [1.29, 1.82) is 0 Å². The van der Waals surface area contributed by atoms with Crippen LogP contribution in [0.1, 0.15) is 21.5 Å². The Labute approximate surface area is 173 Å². The number of benzene rings is 2. The third kappa shape index (κ3) is 6.66. The largest absolute Gasteiger partial charge is 0.405 e. The van der Waals surface area contributed by atoms with Crippen molar-refractivity contribution in [3.63, 3.8) is 0 Å². The number of aryl methyl sites for hydroxylation is 1. The zero-order chi connectivity index (χ0) is 23.3. The molecule has 0 aliphatic carbocycles. The molecule has 3 N–H and O–H groups in total. The molecule has 0 aliphatic rings. The van der Waals surface area contributed by atoms with Gasteiger partial charge in [0.15, 0.2) is 0 Å². The summed E-state index contributed by atoms with van der Waals surface area (Å²) < 4.78 is 50.9. The Balaban J connectivity index is 2.11. The van der Waals surface area contributed by atoms with Crippen molar-refractivity contribution in [2.75, 3.05) is 23.7 Å².